The summed E-state index contributed by atoms with van der Waals surface area (Å²) < 4.78 is 0. The third-order valence-electron chi connectivity index (χ3n) is 12.5. The van der Waals surface area contributed by atoms with Crippen LogP contribution in [-0.4, -0.2) is 14.8 Å². The zero-order valence-corrected chi connectivity index (χ0v) is 34.8. The highest BCUT2D eigenvalue weighted by Crippen LogP contribution is 2.43. The molecule has 0 aromatic heterocycles. The Balaban J connectivity index is 1.33. The van der Waals surface area contributed by atoms with Gasteiger partial charge in [0.1, 0.15) is 0 Å². The van der Waals surface area contributed by atoms with E-state index in [9.17, 15) is 0 Å². The summed E-state index contributed by atoms with van der Waals surface area (Å²) in [6.45, 7) is 16.8. The highest BCUT2D eigenvalue weighted by molar-refractivity contribution is 7.12. The van der Waals surface area contributed by atoms with Gasteiger partial charge in [0.2, 0.25) is 6.71 Å². The molecular weight excluding hydrogens is 691 g/mol. The average molecular weight is 743 g/mol. The van der Waals surface area contributed by atoms with Gasteiger partial charge in [0.05, 0.1) is 0 Å². The predicted octanol–water partition coefficient (Wildman–Crippen LogP) is 10.2. The monoisotopic (exact) mass is 742 g/mol. The van der Waals surface area contributed by atoms with Crippen molar-refractivity contribution in [3.8, 4) is 0 Å². The van der Waals surface area contributed by atoms with Crippen LogP contribution < -0.4 is 41.7 Å². The summed E-state index contributed by atoms with van der Waals surface area (Å²) in [5, 5.41) is 4.32. The van der Waals surface area contributed by atoms with Crippen LogP contribution in [0.1, 0.15) is 76.0 Å². The molecule has 0 fully saturated rings. The predicted molar refractivity (Wildman–Crippen MR) is 246 cm³/mol. The smallest absolute Gasteiger partial charge is 0.247 e. The van der Waals surface area contributed by atoms with Gasteiger partial charge in [0.15, 0.2) is 8.07 Å². The average Bonchev–Trinajstić information content (AvgIpc) is 3.23. The lowest BCUT2D eigenvalue weighted by Gasteiger charge is -2.44. The molecule has 0 saturated heterocycles. The highest BCUT2D eigenvalue weighted by Gasteiger charge is 2.44. The van der Waals surface area contributed by atoms with Crippen LogP contribution >= 0.6 is 0 Å². The van der Waals surface area contributed by atoms with Crippen LogP contribution in [0.3, 0.4) is 0 Å². The first-order valence-electron chi connectivity index (χ1n) is 20.5. The van der Waals surface area contributed by atoms with E-state index in [1.165, 1.54) is 82.8 Å². The molecule has 0 spiro atoms. The molecular formula is C52H51BN2Si. The molecule has 0 unspecified atom stereocenters. The van der Waals surface area contributed by atoms with Crippen molar-refractivity contribution in [2.24, 2.45) is 0 Å². The number of nitrogens with zero attached hydrogens (tertiary/aromatic N) is 2. The zero-order valence-electron chi connectivity index (χ0n) is 33.8. The second-order valence-electron chi connectivity index (χ2n) is 16.8. The summed E-state index contributed by atoms with van der Waals surface area (Å²) in [5.74, 6) is 1.23. The third kappa shape index (κ3) is 5.68. The Bertz CT molecular complexity index is 2480. The maximum atomic E-state index is 2.54. The summed E-state index contributed by atoms with van der Waals surface area (Å²) in [4.78, 5) is 5.06. The van der Waals surface area contributed by atoms with Gasteiger partial charge < -0.3 is 9.80 Å². The Labute approximate surface area is 335 Å². The lowest BCUT2D eigenvalue weighted by atomic mass is 9.33. The van der Waals surface area contributed by atoms with Crippen molar-refractivity contribution in [3.63, 3.8) is 0 Å². The normalized spacial score (nSPS) is 14.1. The molecule has 0 atom stereocenters. The van der Waals surface area contributed by atoms with E-state index >= 15 is 0 Å². The Kier molecular flexibility index (Phi) is 9.13. The Hall–Kier alpha value is -5.58. The number of hydrogen-bond donors (Lipinski definition) is 0. The molecule has 7 aromatic carbocycles. The number of para-hydroxylation sites is 4. The SMILES string of the molecule is CC(C)c1cc(C(C)C)c(B2c3ccccc3N(c3ccccc3)c3cc(N4c5ccccc5[Si](C)(c5ccccc5)c5ccccc54)ccc32)c(C(C)C)c1. The summed E-state index contributed by atoms with van der Waals surface area (Å²) in [5.41, 5.74) is 15.9. The van der Waals surface area contributed by atoms with Gasteiger partial charge in [0, 0.05) is 34.1 Å². The van der Waals surface area contributed by atoms with E-state index in [0.717, 1.165) is 0 Å². The van der Waals surface area contributed by atoms with Crippen molar-refractivity contribution in [2.45, 2.75) is 65.8 Å². The number of rotatable bonds is 7. The van der Waals surface area contributed by atoms with E-state index in [1.807, 2.05) is 0 Å². The van der Waals surface area contributed by atoms with Crippen molar-refractivity contribution in [1.82, 2.24) is 0 Å². The van der Waals surface area contributed by atoms with Crippen molar-refractivity contribution in [2.75, 3.05) is 9.80 Å². The molecule has 0 amide bonds. The van der Waals surface area contributed by atoms with Gasteiger partial charge in [-0.1, -0.05) is 175 Å². The number of fused-ring (bicyclic) bond motifs is 4. The van der Waals surface area contributed by atoms with Crippen molar-refractivity contribution >= 4 is 80.9 Å². The minimum atomic E-state index is -2.33. The molecule has 0 bridgehead atoms. The molecule has 7 aromatic rings. The molecule has 2 aliphatic rings. The van der Waals surface area contributed by atoms with Crippen molar-refractivity contribution < 1.29 is 0 Å². The topological polar surface area (TPSA) is 6.48 Å². The fourth-order valence-corrected chi connectivity index (χ4v) is 13.7. The fraction of sp³-hybridized carbons (Fsp3) is 0.192. The molecule has 2 heterocycles. The second kappa shape index (κ2) is 14.2. The molecule has 0 aliphatic carbocycles. The van der Waals surface area contributed by atoms with Crippen LogP contribution in [-0.2, 0) is 0 Å². The quantitative estimate of drug-likeness (QED) is 0.150. The van der Waals surface area contributed by atoms with Crippen LogP contribution in [0.2, 0.25) is 6.55 Å². The van der Waals surface area contributed by atoms with E-state index in [1.54, 1.807) is 0 Å². The second-order valence-corrected chi connectivity index (χ2v) is 20.7. The fourth-order valence-electron chi connectivity index (χ4n) is 9.67. The number of anilines is 6. The molecule has 276 valence electrons. The largest absolute Gasteiger partial charge is 0.311 e. The Morgan fingerprint density at radius 1 is 0.429 bits per heavy atom. The van der Waals surface area contributed by atoms with E-state index in [2.05, 4.69) is 222 Å². The molecule has 2 nitrogen and oxygen atoms in total. The number of benzene rings is 7. The van der Waals surface area contributed by atoms with Crippen LogP contribution in [0.15, 0.2) is 164 Å². The van der Waals surface area contributed by atoms with Gasteiger partial charge in [-0.25, -0.2) is 0 Å². The van der Waals surface area contributed by atoms with Crippen LogP contribution in [0.25, 0.3) is 0 Å². The molecule has 0 radical (unpaired) electrons. The maximum Gasteiger partial charge on any atom is 0.247 e. The van der Waals surface area contributed by atoms with Gasteiger partial charge in [0.25, 0.3) is 0 Å². The van der Waals surface area contributed by atoms with E-state index in [0.29, 0.717) is 17.8 Å². The summed E-state index contributed by atoms with van der Waals surface area (Å²) >= 11 is 0. The summed E-state index contributed by atoms with van der Waals surface area (Å²) in [6, 6.07) is 62.1. The minimum absolute atomic E-state index is 0.0842. The maximum absolute atomic E-state index is 2.54. The van der Waals surface area contributed by atoms with Gasteiger partial charge in [-0.15, -0.1) is 0 Å². The first-order chi connectivity index (χ1) is 27.2. The molecule has 9 rings (SSSR count). The minimum Gasteiger partial charge on any atom is -0.311 e. The van der Waals surface area contributed by atoms with Gasteiger partial charge >= 0.3 is 0 Å². The Morgan fingerprint density at radius 2 is 0.911 bits per heavy atom. The van der Waals surface area contributed by atoms with Crippen LogP contribution in [0, 0.1) is 0 Å². The first-order valence-corrected chi connectivity index (χ1v) is 23.0. The standard InChI is InChI=1S/C52H51BN2Si/c1-35(2)38-32-42(36(3)4)52(43(33-38)37(5)6)53-44-24-14-15-25-46(44)54(39-20-10-8-11-21-39)49-34-40(30-31-45(49)53)55-47-26-16-18-28-50(47)56(7,41-22-12-9-13-23-41)51-29-19-17-27-48(51)55/h8-37H,1-7H3. The van der Waals surface area contributed by atoms with Gasteiger partial charge in [-0.05, 0) is 103 Å². The van der Waals surface area contributed by atoms with E-state index < -0.39 is 8.07 Å². The van der Waals surface area contributed by atoms with Crippen LogP contribution in [0.5, 0.6) is 0 Å². The molecule has 56 heavy (non-hydrogen) atoms. The molecule has 4 heteroatoms. The van der Waals surface area contributed by atoms with Gasteiger partial charge in [-0.3, -0.25) is 0 Å². The summed E-state index contributed by atoms with van der Waals surface area (Å²) in [7, 11) is -2.33. The Morgan fingerprint density at radius 3 is 1.48 bits per heavy atom. The zero-order chi connectivity index (χ0) is 38.7. The van der Waals surface area contributed by atoms with Crippen molar-refractivity contribution in [3.05, 3.63) is 180 Å². The summed E-state index contributed by atoms with van der Waals surface area (Å²) in [6.07, 6.45) is 0. The first kappa shape index (κ1) is 36.1. The highest BCUT2D eigenvalue weighted by atomic mass is 28.3. The third-order valence-corrected chi connectivity index (χ3v) is 17.0. The number of hydrogen-bond acceptors (Lipinski definition) is 2. The van der Waals surface area contributed by atoms with E-state index in [-0.39, 0.29) is 6.71 Å². The van der Waals surface area contributed by atoms with Crippen molar-refractivity contribution in [1.29, 1.82) is 0 Å². The molecule has 2 aliphatic heterocycles. The molecule has 0 saturated carbocycles. The van der Waals surface area contributed by atoms with Crippen LogP contribution in [0.4, 0.5) is 34.1 Å². The lowest BCUT2D eigenvalue weighted by molar-refractivity contribution is 0.812. The van der Waals surface area contributed by atoms with E-state index in [4.69, 9.17) is 0 Å². The van der Waals surface area contributed by atoms with Gasteiger partial charge in [-0.2, -0.15) is 0 Å². The molecule has 0 N–H and O–H groups in total. The lowest BCUT2D eigenvalue weighted by Crippen LogP contribution is -2.68.